The van der Waals surface area contributed by atoms with Gasteiger partial charge in [-0.1, -0.05) is 47.5 Å². The summed E-state index contributed by atoms with van der Waals surface area (Å²) < 4.78 is 44.0. The Morgan fingerprint density at radius 2 is 1.38 bits per heavy atom. The van der Waals surface area contributed by atoms with E-state index >= 15 is 0 Å². The van der Waals surface area contributed by atoms with Crippen LogP contribution in [0.4, 0.5) is 13.2 Å². The number of halogens is 5. The lowest BCUT2D eigenvalue weighted by atomic mass is 9.97. The molecule has 0 spiro atoms. The van der Waals surface area contributed by atoms with Gasteiger partial charge in [-0.15, -0.1) is 5.10 Å². The van der Waals surface area contributed by atoms with E-state index in [4.69, 9.17) is 23.2 Å². The van der Waals surface area contributed by atoms with Crippen molar-refractivity contribution in [2.45, 2.75) is 6.54 Å². The molecule has 170 valence electrons. The van der Waals surface area contributed by atoms with E-state index in [1.807, 2.05) is 0 Å². The number of fused-ring (bicyclic) bond motifs is 1. The molecule has 0 saturated carbocycles. The molecule has 0 radical (unpaired) electrons. The Bertz CT molecular complexity index is 1600. The molecule has 5 rings (SSSR count). The van der Waals surface area contributed by atoms with Crippen LogP contribution in [-0.4, -0.2) is 19.4 Å². The van der Waals surface area contributed by atoms with Gasteiger partial charge in [-0.25, -0.2) is 22.6 Å². The highest BCUT2D eigenvalue weighted by Crippen LogP contribution is 2.35. The molecule has 5 aromatic rings. The Kier molecular flexibility index (Phi) is 5.63. The molecular weight excluding hydrogens is 488 g/mol. The second-order valence-electron chi connectivity index (χ2n) is 7.44. The van der Waals surface area contributed by atoms with Crippen molar-refractivity contribution >= 4 is 28.8 Å². The van der Waals surface area contributed by atoms with E-state index in [2.05, 4.69) is 10.2 Å². The molecule has 0 aliphatic carbocycles. The number of rotatable bonds is 4. The molecule has 0 amide bonds. The maximum Gasteiger partial charge on any atom is 0.367 e. The third-order valence-corrected chi connectivity index (χ3v) is 5.85. The predicted octanol–water partition coefficient (Wildman–Crippen LogP) is 6.00. The molecule has 0 N–H and O–H groups in total. The molecular formula is C24H13Cl2F3N4O. The molecule has 3 aromatic carbocycles. The van der Waals surface area contributed by atoms with Crippen molar-refractivity contribution in [3.63, 3.8) is 0 Å². The molecule has 2 aromatic heterocycles. The maximum atomic E-state index is 14.2. The minimum Gasteiger partial charge on any atom is -0.244 e. The van der Waals surface area contributed by atoms with E-state index < -0.39 is 35.2 Å². The van der Waals surface area contributed by atoms with Gasteiger partial charge in [0.05, 0.1) is 12.7 Å². The quantitative estimate of drug-likeness (QED) is 0.284. The van der Waals surface area contributed by atoms with Crippen LogP contribution in [0.25, 0.3) is 27.9 Å². The molecule has 2 heterocycles. The summed E-state index contributed by atoms with van der Waals surface area (Å²) >= 11 is 12.1. The van der Waals surface area contributed by atoms with Gasteiger partial charge in [0.2, 0.25) is 0 Å². The van der Waals surface area contributed by atoms with E-state index in [1.54, 1.807) is 48.5 Å². The molecule has 34 heavy (non-hydrogen) atoms. The number of benzene rings is 3. The van der Waals surface area contributed by atoms with Gasteiger partial charge in [0, 0.05) is 26.7 Å². The topological polar surface area (TPSA) is 52.2 Å². The molecule has 0 aliphatic rings. The molecule has 0 saturated heterocycles. The first-order chi connectivity index (χ1) is 16.3. The Hall–Kier alpha value is -3.62. The second-order valence-corrected chi connectivity index (χ2v) is 8.32. The Labute approximate surface area is 200 Å². The van der Waals surface area contributed by atoms with Gasteiger partial charge in [-0.05, 0) is 47.5 Å². The van der Waals surface area contributed by atoms with Crippen molar-refractivity contribution in [3.05, 3.63) is 110 Å². The summed E-state index contributed by atoms with van der Waals surface area (Å²) in [5.74, 6) is -3.59. The minimum atomic E-state index is -1.38. The molecule has 0 fully saturated rings. The summed E-state index contributed by atoms with van der Waals surface area (Å²) in [6, 6.07) is 15.4. The average Bonchev–Trinajstić information content (AvgIpc) is 3.15. The van der Waals surface area contributed by atoms with Crippen molar-refractivity contribution in [2.75, 3.05) is 0 Å². The van der Waals surface area contributed by atoms with Crippen molar-refractivity contribution in [1.29, 1.82) is 0 Å². The van der Waals surface area contributed by atoms with E-state index in [0.717, 1.165) is 20.8 Å². The van der Waals surface area contributed by atoms with Crippen LogP contribution in [0.15, 0.2) is 71.7 Å². The maximum absolute atomic E-state index is 14.2. The predicted molar refractivity (Wildman–Crippen MR) is 124 cm³/mol. The first kappa shape index (κ1) is 22.2. The largest absolute Gasteiger partial charge is 0.367 e. The highest BCUT2D eigenvalue weighted by Gasteiger charge is 2.21. The number of nitrogens with zero attached hydrogens (tertiary/aromatic N) is 4. The molecule has 0 atom stereocenters. The van der Waals surface area contributed by atoms with Crippen LogP contribution < -0.4 is 5.69 Å². The van der Waals surface area contributed by atoms with E-state index in [0.29, 0.717) is 32.8 Å². The van der Waals surface area contributed by atoms with Gasteiger partial charge in [-0.2, -0.15) is 9.61 Å². The van der Waals surface area contributed by atoms with Gasteiger partial charge >= 0.3 is 5.69 Å². The van der Waals surface area contributed by atoms with Gasteiger partial charge in [0.25, 0.3) is 0 Å². The molecule has 0 unspecified atom stereocenters. The Morgan fingerprint density at radius 3 is 2.03 bits per heavy atom. The van der Waals surface area contributed by atoms with Crippen molar-refractivity contribution in [2.24, 2.45) is 0 Å². The zero-order valence-corrected chi connectivity index (χ0v) is 18.7. The molecule has 10 heteroatoms. The summed E-state index contributed by atoms with van der Waals surface area (Å²) in [4.78, 5) is 13.0. The number of aromatic nitrogens is 4. The second kappa shape index (κ2) is 8.62. The summed E-state index contributed by atoms with van der Waals surface area (Å²) in [5, 5.41) is 9.58. The van der Waals surface area contributed by atoms with Gasteiger partial charge in [0.15, 0.2) is 17.3 Å². The fourth-order valence-corrected chi connectivity index (χ4v) is 3.93. The van der Waals surface area contributed by atoms with Crippen LogP contribution in [-0.2, 0) is 6.54 Å². The Morgan fingerprint density at radius 1 is 0.794 bits per heavy atom. The van der Waals surface area contributed by atoms with Crippen molar-refractivity contribution in [1.82, 2.24) is 19.4 Å². The van der Waals surface area contributed by atoms with Gasteiger partial charge in [0.1, 0.15) is 5.82 Å². The van der Waals surface area contributed by atoms with Crippen LogP contribution >= 0.6 is 23.2 Å². The zero-order chi connectivity index (χ0) is 24.0. The third-order valence-electron chi connectivity index (χ3n) is 5.35. The Balaban J connectivity index is 1.75. The van der Waals surface area contributed by atoms with Crippen LogP contribution in [0.2, 0.25) is 10.0 Å². The molecule has 0 aliphatic heterocycles. The molecule has 5 nitrogen and oxygen atoms in total. The van der Waals surface area contributed by atoms with E-state index in [9.17, 15) is 18.0 Å². The lowest BCUT2D eigenvalue weighted by molar-refractivity contribution is 0.468. The van der Waals surface area contributed by atoms with Gasteiger partial charge < -0.3 is 0 Å². The van der Waals surface area contributed by atoms with Crippen LogP contribution in [0.3, 0.4) is 0 Å². The molecule has 0 bridgehead atoms. The summed E-state index contributed by atoms with van der Waals surface area (Å²) in [6.07, 6.45) is 1.50. The summed E-state index contributed by atoms with van der Waals surface area (Å²) in [7, 11) is 0. The SMILES string of the molecule is O=c1n(Cc2c(F)ccc(F)c2F)nc2c(-c3ccc(Cl)cc3)c(-c3ccc(Cl)cc3)cnn12. The third kappa shape index (κ3) is 3.85. The monoisotopic (exact) mass is 500 g/mol. The first-order valence-corrected chi connectivity index (χ1v) is 10.7. The average molecular weight is 501 g/mol. The zero-order valence-electron chi connectivity index (χ0n) is 17.1. The number of hydrogen-bond acceptors (Lipinski definition) is 3. The summed E-state index contributed by atoms with van der Waals surface area (Å²) in [6.45, 7) is -0.617. The van der Waals surface area contributed by atoms with Gasteiger partial charge in [-0.3, -0.25) is 0 Å². The minimum absolute atomic E-state index is 0.150. The standard InChI is InChI=1S/C24H13Cl2F3N4O/c25-15-5-1-13(2-6-15)17-11-30-33-23(21(17)14-3-7-16(26)8-4-14)31-32(24(33)34)12-18-19(27)9-10-20(28)22(18)29/h1-11H,12H2. The normalized spacial score (nSPS) is 11.3. The highest BCUT2D eigenvalue weighted by molar-refractivity contribution is 6.31. The van der Waals surface area contributed by atoms with E-state index in [-0.39, 0.29) is 5.65 Å². The lowest BCUT2D eigenvalue weighted by Crippen LogP contribution is -2.24. The van der Waals surface area contributed by atoms with Crippen LogP contribution in [0.5, 0.6) is 0 Å². The fourth-order valence-electron chi connectivity index (χ4n) is 3.68. The summed E-state index contributed by atoms with van der Waals surface area (Å²) in [5.41, 5.74) is 1.43. The highest BCUT2D eigenvalue weighted by atomic mass is 35.5. The van der Waals surface area contributed by atoms with Crippen LogP contribution in [0.1, 0.15) is 5.56 Å². The first-order valence-electron chi connectivity index (χ1n) is 9.96. The van der Waals surface area contributed by atoms with Crippen molar-refractivity contribution in [3.8, 4) is 22.3 Å². The van der Waals surface area contributed by atoms with E-state index in [1.165, 1.54) is 6.20 Å². The number of hydrogen-bond donors (Lipinski definition) is 0. The smallest absolute Gasteiger partial charge is 0.244 e. The van der Waals surface area contributed by atoms with Crippen molar-refractivity contribution < 1.29 is 13.2 Å². The lowest BCUT2D eigenvalue weighted by Gasteiger charge is -2.11. The fraction of sp³-hybridized carbons (Fsp3) is 0.0417. The van der Waals surface area contributed by atoms with Crippen LogP contribution in [0, 0.1) is 17.5 Å².